The molecule has 1 amide bonds. The van der Waals surface area contributed by atoms with Crippen LogP contribution >= 0.6 is 11.8 Å². The van der Waals surface area contributed by atoms with E-state index >= 15 is 0 Å². The zero-order valence-electron chi connectivity index (χ0n) is 16.2. The lowest BCUT2D eigenvalue weighted by molar-refractivity contribution is -0.111. The molecule has 3 rings (SSSR count). The van der Waals surface area contributed by atoms with Crippen LogP contribution in [0.3, 0.4) is 0 Å². The van der Waals surface area contributed by atoms with Crippen molar-refractivity contribution in [1.29, 1.82) is 0 Å². The lowest BCUT2D eigenvalue weighted by Crippen LogP contribution is -2.32. The number of rotatable bonds is 6. The number of anilines is 1. The number of nitrogens with zero attached hydrogens (tertiary/aromatic N) is 1. The zero-order valence-corrected chi connectivity index (χ0v) is 17.0. The molecule has 0 unspecified atom stereocenters. The molecule has 1 N–H and O–H groups in total. The Morgan fingerprint density at radius 2 is 1.81 bits per heavy atom. The third kappa shape index (κ3) is 5.98. The van der Waals surface area contributed by atoms with Gasteiger partial charge < -0.3 is 5.32 Å². The Morgan fingerprint density at radius 3 is 2.52 bits per heavy atom. The van der Waals surface area contributed by atoms with Gasteiger partial charge in [-0.1, -0.05) is 56.3 Å². The van der Waals surface area contributed by atoms with E-state index in [-0.39, 0.29) is 5.91 Å². The van der Waals surface area contributed by atoms with Crippen molar-refractivity contribution in [2.45, 2.75) is 26.3 Å². The average Bonchev–Trinajstić information content (AvgIpc) is 2.69. The summed E-state index contributed by atoms with van der Waals surface area (Å²) in [4.78, 5) is 14.8. The number of nitrogens with one attached hydrogen (secondary N) is 1. The van der Waals surface area contributed by atoms with Gasteiger partial charge in [-0.2, -0.15) is 11.8 Å². The number of benzene rings is 2. The van der Waals surface area contributed by atoms with Crippen LogP contribution in [0.25, 0.3) is 6.08 Å². The van der Waals surface area contributed by atoms with E-state index in [1.165, 1.54) is 22.6 Å². The van der Waals surface area contributed by atoms with E-state index in [4.69, 9.17) is 0 Å². The quantitative estimate of drug-likeness (QED) is 0.715. The Balaban J connectivity index is 1.61. The molecule has 2 aromatic rings. The SMILES string of the molecule is CC(C)c1ccc(/C=C/C(=O)Nc2ccccc2CN2CCSCC2)cc1. The summed E-state index contributed by atoms with van der Waals surface area (Å²) in [5.41, 5.74) is 4.42. The van der Waals surface area contributed by atoms with Gasteiger partial charge >= 0.3 is 0 Å². The van der Waals surface area contributed by atoms with Gasteiger partial charge in [0.05, 0.1) is 0 Å². The fraction of sp³-hybridized carbons (Fsp3) is 0.348. The summed E-state index contributed by atoms with van der Waals surface area (Å²) in [6.07, 6.45) is 3.47. The van der Waals surface area contributed by atoms with E-state index in [1.54, 1.807) is 6.08 Å². The molecule has 27 heavy (non-hydrogen) atoms. The molecule has 1 heterocycles. The Morgan fingerprint density at radius 1 is 1.11 bits per heavy atom. The molecule has 0 atom stereocenters. The molecule has 0 saturated carbocycles. The maximum absolute atomic E-state index is 12.4. The third-order valence-electron chi connectivity index (χ3n) is 4.80. The van der Waals surface area contributed by atoms with E-state index in [2.05, 4.69) is 54.4 Å². The summed E-state index contributed by atoms with van der Waals surface area (Å²) < 4.78 is 0. The van der Waals surface area contributed by atoms with Crippen LogP contribution in [0.2, 0.25) is 0 Å². The first-order valence-corrected chi connectivity index (χ1v) is 10.7. The first-order chi connectivity index (χ1) is 13.1. The summed E-state index contributed by atoms with van der Waals surface area (Å²) in [6, 6.07) is 16.4. The number of amides is 1. The smallest absolute Gasteiger partial charge is 0.248 e. The molecule has 0 aromatic heterocycles. The van der Waals surface area contributed by atoms with Gasteiger partial charge in [0.25, 0.3) is 0 Å². The molecule has 1 saturated heterocycles. The van der Waals surface area contributed by atoms with Gasteiger partial charge in [0.1, 0.15) is 0 Å². The van der Waals surface area contributed by atoms with Gasteiger partial charge in [0.15, 0.2) is 0 Å². The number of carbonyl (C=O) groups excluding carboxylic acids is 1. The second kappa shape index (κ2) is 9.77. The fourth-order valence-corrected chi connectivity index (χ4v) is 4.10. The van der Waals surface area contributed by atoms with Crippen molar-refractivity contribution in [3.8, 4) is 0 Å². The van der Waals surface area contributed by atoms with E-state index in [0.717, 1.165) is 30.9 Å². The Hall–Kier alpha value is -2.04. The van der Waals surface area contributed by atoms with Gasteiger partial charge in [0, 0.05) is 42.9 Å². The van der Waals surface area contributed by atoms with Crippen LogP contribution in [0.4, 0.5) is 5.69 Å². The number of para-hydroxylation sites is 1. The van der Waals surface area contributed by atoms with E-state index in [1.807, 2.05) is 36.0 Å². The molecule has 2 aromatic carbocycles. The van der Waals surface area contributed by atoms with Crippen LogP contribution in [-0.2, 0) is 11.3 Å². The second-order valence-electron chi connectivity index (χ2n) is 7.19. The number of carbonyl (C=O) groups is 1. The molecular formula is C23H28N2OS. The standard InChI is InChI=1S/C23H28N2OS/c1-18(2)20-10-7-19(8-11-20)9-12-23(26)24-22-6-4-3-5-21(22)17-25-13-15-27-16-14-25/h3-12,18H,13-17H2,1-2H3,(H,24,26)/b12-9+. The highest BCUT2D eigenvalue weighted by molar-refractivity contribution is 7.99. The van der Waals surface area contributed by atoms with Gasteiger partial charge in [-0.25, -0.2) is 0 Å². The minimum atomic E-state index is -0.0930. The van der Waals surface area contributed by atoms with Crippen molar-refractivity contribution >= 4 is 29.4 Å². The minimum absolute atomic E-state index is 0.0930. The number of hydrogen-bond donors (Lipinski definition) is 1. The topological polar surface area (TPSA) is 32.3 Å². The summed E-state index contributed by atoms with van der Waals surface area (Å²) in [5.74, 6) is 2.80. The van der Waals surface area contributed by atoms with E-state index in [0.29, 0.717) is 5.92 Å². The molecule has 0 aliphatic carbocycles. The summed E-state index contributed by atoms with van der Waals surface area (Å²) in [5, 5.41) is 3.04. The molecular weight excluding hydrogens is 352 g/mol. The Labute approximate surface area is 166 Å². The van der Waals surface area contributed by atoms with Crippen molar-refractivity contribution in [3.63, 3.8) is 0 Å². The highest BCUT2D eigenvalue weighted by Crippen LogP contribution is 2.20. The Bertz CT molecular complexity index is 777. The number of hydrogen-bond acceptors (Lipinski definition) is 3. The molecule has 0 spiro atoms. The van der Waals surface area contributed by atoms with Crippen molar-refractivity contribution in [1.82, 2.24) is 4.90 Å². The van der Waals surface area contributed by atoms with Crippen LogP contribution in [0.5, 0.6) is 0 Å². The fourth-order valence-electron chi connectivity index (χ4n) is 3.12. The third-order valence-corrected chi connectivity index (χ3v) is 5.75. The van der Waals surface area contributed by atoms with Crippen LogP contribution in [0.15, 0.2) is 54.6 Å². The molecule has 3 nitrogen and oxygen atoms in total. The van der Waals surface area contributed by atoms with E-state index < -0.39 is 0 Å². The van der Waals surface area contributed by atoms with Gasteiger partial charge in [-0.05, 0) is 34.8 Å². The summed E-state index contributed by atoms with van der Waals surface area (Å²) >= 11 is 2.01. The van der Waals surface area contributed by atoms with Gasteiger partial charge in [-0.3, -0.25) is 9.69 Å². The molecule has 0 radical (unpaired) electrons. The largest absolute Gasteiger partial charge is 0.322 e. The molecule has 1 aliphatic rings. The second-order valence-corrected chi connectivity index (χ2v) is 8.41. The van der Waals surface area contributed by atoms with Gasteiger partial charge in [0.2, 0.25) is 5.91 Å². The average molecular weight is 381 g/mol. The molecule has 4 heteroatoms. The summed E-state index contributed by atoms with van der Waals surface area (Å²) in [6.45, 7) is 7.47. The van der Waals surface area contributed by atoms with Gasteiger partial charge in [-0.15, -0.1) is 0 Å². The monoisotopic (exact) mass is 380 g/mol. The first-order valence-electron chi connectivity index (χ1n) is 9.59. The Kier molecular flexibility index (Phi) is 7.13. The van der Waals surface area contributed by atoms with Crippen LogP contribution in [0.1, 0.15) is 36.5 Å². The summed E-state index contributed by atoms with van der Waals surface area (Å²) in [7, 11) is 0. The normalized spacial score (nSPS) is 15.4. The van der Waals surface area contributed by atoms with Crippen molar-refractivity contribution in [3.05, 3.63) is 71.3 Å². The number of thioether (sulfide) groups is 1. The lowest BCUT2D eigenvalue weighted by atomic mass is 10.0. The van der Waals surface area contributed by atoms with Crippen molar-refractivity contribution < 1.29 is 4.79 Å². The van der Waals surface area contributed by atoms with Crippen LogP contribution in [-0.4, -0.2) is 35.4 Å². The molecule has 142 valence electrons. The first kappa shape index (κ1) is 19.7. The van der Waals surface area contributed by atoms with Crippen LogP contribution < -0.4 is 5.32 Å². The van der Waals surface area contributed by atoms with Crippen molar-refractivity contribution in [2.24, 2.45) is 0 Å². The van der Waals surface area contributed by atoms with Crippen molar-refractivity contribution in [2.75, 3.05) is 29.9 Å². The highest BCUT2D eigenvalue weighted by Gasteiger charge is 2.13. The molecule has 1 aliphatic heterocycles. The minimum Gasteiger partial charge on any atom is -0.322 e. The maximum Gasteiger partial charge on any atom is 0.248 e. The lowest BCUT2D eigenvalue weighted by Gasteiger charge is -2.27. The zero-order chi connectivity index (χ0) is 19.1. The molecule has 0 bridgehead atoms. The highest BCUT2D eigenvalue weighted by atomic mass is 32.2. The predicted molar refractivity (Wildman–Crippen MR) is 117 cm³/mol. The predicted octanol–water partition coefficient (Wildman–Crippen LogP) is 5.01. The van der Waals surface area contributed by atoms with E-state index in [9.17, 15) is 4.79 Å². The van der Waals surface area contributed by atoms with Crippen LogP contribution in [0, 0.1) is 0 Å². The maximum atomic E-state index is 12.4. The molecule has 1 fully saturated rings.